The summed E-state index contributed by atoms with van der Waals surface area (Å²) < 4.78 is 0. The number of amides is 1. The summed E-state index contributed by atoms with van der Waals surface area (Å²) in [7, 11) is 1.92. The van der Waals surface area contributed by atoms with Crippen LogP contribution in [-0.2, 0) is 4.79 Å². The van der Waals surface area contributed by atoms with Gasteiger partial charge in [0.05, 0.1) is 0 Å². The summed E-state index contributed by atoms with van der Waals surface area (Å²) in [4.78, 5) is 14.7. The number of hydrogen-bond donors (Lipinski definition) is 1. The molecule has 1 aromatic carbocycles. The van der Waals surface area contributed by atoms with E-state index < -0.39 is 0 Å². The predicted octanol–water partition coefficient (Wildman–Crippen LogP) is 1.01. The van der Waals surface area contributed by atoms with Crippen molar-refractivity contribution in [3.05, 3.63) is 24.3 Å². The third kappa shape index (κ3) is 2.27. The molecule has 0 spiro atoms. The quantitative estimate of drug-likeness (QED) is 0.771. The summed E-state index contributed by atoms with van der Waals surface area (Å²) in [5.74, 6) is 0. The van der Waals surface area contributed by atoms with Crippen molar-refractivity contribution >= 4 is 17.8 Å². The Labute approximate surface area is 95.8 Å². The molecular weight excluding hydrogens is 202 g/mol. The topological polar surface area (TPSA) is 35.6 Å². The Balaban J connectivity index is 2.04. The smallest absolute Gasteiger partial charge is 0.209 e. The van der Waals surface area contributed by atoms with Gasteiger partial charge in [0.1, 0.15) is 0 Å². The maximum Gasteiger partial charge on any atom is 0.209 e. The molecule has 1 heterocycles. The fourth-order valence-corrected chi connectivity index (χ4v) is 1.94. The van der Waals surface area contributed by atoms with E-state index in [1.165, 1.54) is 5.69 Å². The van der Waals surface area contributed by atoms with Gasteiger partial charge >= 0.3 is 0 Å². The molecule has 0 unspecified atom stereocenters. The lowest BCUT2D eigenvalue weighted by molar-refractivity contribution is -0.118. The maximum atomic E-state index is 10.6. The maximum absolute atomic E-state index is 10.6. The molecule has 1 aliphatic rings. The highest BCUT2D eigenvalue weighted by Gasteiger charge is 2.15. The monoisotopic (exact) mass is 219 g/mol. The Hall–Kier alpha value is -1.71. The Morgan fingerprint density at radius 3 is 2.62 bits per heavy atom. The van der Waals surface area contributed by atoms with Crippen LogP contribution in [0.5, 0.6) is 0 Å². The van der Waals surface area contributed by atoms with Crippen LogP contribution < -0.4 is 10.2 Å². The number of anilines is 2. The fraction of sp³-hybridized carbons (Fsp3) is 0.417. The Kier molecular flexibility index (Phi) is 3.29. The van der Waals surface area contributed by atoms with E-state index in [0.717, 1.165) is 38.3 Å². The third-order valence-electron chi connectivity index (χ3n) is 2.96. The van der Waals surface area contributed by atoms with Crippen LogP contribution >= 0.6 is 0 Å². The highest BCUT2D eigenvalue weighted by molar-refractivity contribution is 5.58. The molecule has 1 aliphatic heterocycles. The van der Waals surface area contributed by atoms with E-state index in [1.807, 2.05) is 24.1 Å². The van der Waals surface area contributed by atoms with Gasteiger partial charge < -0.3 is 15.1 Å². The van der Waals surface area contributed by atoms with Crippen LogP contribution in [0.15, 0.2) is 24.3 Å². The van der Waals surface area contributed by atoms with Crippen molar-refractivity contribution in [1.82, 2.24) is 4.90 Å². The van der Waals surface area contributed by atoms with Gasteiger partial charge in [0.2, 0.25) is 6.41 Å². The molecule has 0 radical (unpaired) electrons. The standard InChI is InChI=1S/C12H17N3O/c1-13-11-3-2-4-12(9-11)15-7-5-14(10-16)6-8-15/h2-4,9-10,13H,5-8H2,1H3. The van der Waals surface area contributed by atoms with Crippen LogP contribution in [-0.4, -0.2) is 44.5 Å². The number of nitrogens with zero attached hydrogens (tertiary/aromatic N) is 2. The lowest BCUT2D eigenvalue weighted by Gasteiger charge is -2.34. The average Bonchev–Trinajstić information content (AvgIpc) is 2.39. The normalized spacial score (nSPS) is 16.1. The van der Waals surface area contributed by atoms with Crippen LogP contribution in [0.3, 0.4) is 0 Å². The van der Waals surface area contributed by atoms with Gasteiger partial charge in [0.15, 0.2) is 0 Å². The van der Waals surface area contributed by atoms with Gasteiger partial charge in [-0.3, -0.25) is 4.79 Å². The van der Waals surface area contributed by atoms with E-state index in [1.54, 1.807) is 0 Å². The second-order valence-electron chi connectivity index (χ2n) is 3.93. The average molecular weight is 219 g/mol. The second-order valence-corrected chi connectivity index (χ2v) is 3.93. The van der Waals surface area contributed by atoms with Gasteiger partial charge in [0.25, 0.3) is 0 Å². The minimum atomic E-state index is 0.813. The van der Waals surface area contributed by atoms with Gasteiger partial charge in [0, 0.05) is 44.6 Å². The first-order chi connectivity index (χ1) is 7.83. The summed E-state index contributed by atoms with van der Waals surface area (Å²) in [6, 6.07) is 8.34. The van der Waals surface area contributed by atoms with E-state index >= 15 is 0 Å². The summed E-state index contributed by atoms with van der Waals surface area (Å²) in [5, 5.41) is 3.13. The SMILES string of the molecule is CNc1cccc(N2CCN(C=O)CC2)c1. The first kappa shape index (κ1) is 10.8. The highest BCUT2D eigenvalue weighted by Crippen LogP contribution is 2.20. The van der Waals surface area contributed by atoms with Crippen LogP contribution in [0.4, 0.5) is 11.4 Å². The van der Waals surface area contributed by atoms with Gasteiger partial charge in [-0.2, -0.15) is 0 Å². The predicted molar refractivity (Wildman–Crippen MR) is 65.8 cm³/mol. The summed E-state index contributed by atoms with van der Waals surface area (Å²) >= 11 is 0. The molecule has 4 nitrogen and oxygen atoms in total. The third-order valence-corrected chi connectivity index (χ3v) is 2.96. The molecule has 1 amide bonds. The first-order valence-corrected chi connectivity index (χ1v) is 5.55. The molecule has 16 heavy (non-hydrogen) atoms. The number of piperazine rings is 1. The number of nitrogens with one attached hydrogen (secondary N) is 1. The van der Waals surface area contributed by atoms with E-state index in [4.69, 9.17) is 0 Å². The minimum Gasteiger partial charge on any atom is -0.388 e. The van der Waals surface area contributed by atoms with Gasteiger partial charge in [-0.15, -0.1) is 0 Å². The van der Waals surface area contributed by atoms with Crippen molar-refractivity contribution < 1.29 is 4.79 Å². The lowest BCUT2D eigenvalue weighted by atomic mass is 10.2. The molecule has 0 aliphatic carbocycles. The number of hydrogen-bond acceptors (Lipinski definition) is 3. The fourth-order valence-electron chi connectivity index (χ4n) is 1.94. The Bertz CT molecular complexity index is 359. The molecular formula is C12H17N3O. The zero-order valence-electron chi connectivity index (χ0n) is 9.52. The van der Waals surface area contributed by atoms with Crippen molar-refractivity contribution in [2.75, 3.05) is 43.4 Å². The number of carbonyl (C=O) groups is 1. The van der Waals surface area contributed by atoms with Gasteiger partial charge in [-0.05, 0) is 18.2 Å². The van der Waals surface area contributed by atoms with Crippen LogP contribution in [0.2, 0.25) is 0 Å². The number of carbonyl (C=O) groups excluding carboxylic acids is 1. The molecule has 86 valence electrons. The van der Waals surface area contributed by atoms with Crippen molar-refractivity contribution in [3.8, 4) is 0 Å². The molecule has 1 fully saturated rings. The van der Waals surface area contributed by atoms with Crippen LogP contribution in [0, 0.1) is 0 Å². The van der Waals surface area contributed by atoms with Crippen molar-refractivity contribution in [2.45, 2.75) is 0 Å². The molecule has 1 saturated heterocycles. The lowest BCUT2D eigenvalue weighted by Crippen LogP contribution is -2.45. The van der Waals surface area contributed by atoms with Crippen molar-refractivity contribution in [3.63, 3.8) is 0 Å². The molecule has 0 aromatic heterocycles. The molecule has 4 heteroatoms. The van der Waals surface area contributed by atoms with E-state index in [9.17, 15) is 4.79 Å². The molecule has 1 N–H and O–H groups in total. The minimum absolute atomic E-state index is 0.813. The van der Waals surface area contributed by atoms with Gasteiger partial charge in [-0.1, -0.05) is 6.07 Å². The van der Waals surface area contributed by atoms with E-state index in [0.29, 0.717) is 0 Å². The Morgan fingerprint density at radius 2 is 2.00 bits per heavy atom. The molecule has 0 bridgehead atoms. The largest absolute Gasteiger partial charge is 0.388 e. The molecule has 2 rings (SSSR count). The Morgan fingerprint density at radius 1 is 1.25 bits per heavy atom. The highest BCUT2D eigenvalue weighted by atomic mass is 16.1. The second kappa shape index (κ2) is 4.88. The molecule has 0 saturated carbocycles. The van der Waals surface area contributed by atoms with Crippen LogP contribution in [0.1, 0.15) is 0 Å². The molecule has 1 aromatic rings. The summed E-state index contributed by atoms with van der Waals surface area (Å²) in [5.41, 5.74) is 2.34. The zero-order valence-corrected chi connectivity index (χ0v) is 9.52. The number of rotatable bonds is 3. The van der Waals surface area contributed by atoms with Crippen molar-refractivity contribution in [1.29, 1.82) is 0 Å². The first-order valence-electron chi connectivity index (χ1n) is 5.55. The van der Waals surface area contributed by atoms with Crippen LogP contribution in [0.25, 0.3) is 0 Å². The van der Waals surface area contributed by atoms with Gasteiger partial charge in [-0.25, -0.2) is 0 Å². The summed E-state index contributed by atoms with van der Waals surface area (Å²) in [6.45, 7) is 3.44. The summed E-state index contributed by atoms with van der Waals surface area (Å²) in [6.07, 6.45) is 0.932. The zero-order chi connectivity index (χ0) is 11.4. The van der Waals surface area contributed by atoms with E-state index in [2.05, 4.69) is 22.3 Å². The molecule has 0 atom stereocenters. The number of benzene rings is 1. The van der Waals surface area contributed by atoms with E-state index in [-0.39, 0.29) is 0 Å². The van der Waals surface area contributed by atoms with Crippen molar-refractivity contribution in [2.24, 2.45) is 0 Å².